The Morgan fingerprint density at radius 1 is 1.58 bits per heavy atom. The largest absolute Gasteiger partial charge is 0.468 e. The minimum absolute atomic E-state index is 0.112. The molecule has 2 rings (SSSR count). The van der Waals surface area contributed by atoms with E-state index in [0.717, 1.165) is 18.1 Å². The molecule has 1 saturated carbocycles. The molecule has 1 fully saturated rings. The summed E-state index contributed by atoms with van der Waals surface area (Å²) < 4.78 is 5.22. The molecule has 2 heteroatoms. The van der Waals surface area contributed by atoms with Crippen LogP contribution in [-0.4, -0.2) is 0 Å². The number of hydrogen-bond acceptors (Lipinski definition) is 2. The van der Waals surface area contributed by atoms with Crippen molar-refractivity contribution in [2.45, 2.75) is 31.7 Å². The summed E-state index contributed by atoms with van der Waals surface area (Å²) in [6.07, 6.45) is 6.84. The van der Waals surface area contributed by atoms with Crippen LogP contribution in [-0.2, 0) is 0 Å². The van der Waals surface area contributed by atoms with Gasteiger partial charge in [0.1, 0.15) is 5.76 Å². The highest BCUT2D eigenvalue weighted by Gasteiger charge is 2.22. The third kappa shape index (κ3) is 1.89. The summed E-state index contributed by atoms with van der Waals surface area (Å²) in [5, 5.41) is 0. The first-order valence-corrected chi connectivity index (χ1v) is 4.65. The van der Waals surface area contributed by atoms with Crippen molar-refractivity contribution in [1.82, 2.24) is 0 Å². The molecule has 1 aliphatic rings. The molecule has 0 radical (unpaired) electrons. The molecule has 0 bridgehead atoms. The van der Waals surface area contributed by atoms with E-state index in [1.165, 1.54) is 19.3 Å². The molecule has 0 aromatic carbocycles. The van der Waals surface area contributed by atoms with Crippen LogP contribution in [0.15, 0.2) is 22.8 Å². The van der Waals surface area contributed by atoms with Gasteiger partial charge in [-0.15, -0.1) is 0 Å². The lowest BCUT2D eigenvalue weighted by molar-refractivity contribution is 0.439. The van der Waals surface area contributed by atoms with Crippen molar-refractivity contribution in [2.24, 2.45) is 11.7 Å². The zero-order valence-corrected chi connectivity index (χ0v) is 7.20. The maximum atomic E-state index is 5.92. The van der Waals surface area contributed by atoms with E-state index in [1.807, 2.05) is 12.1 Å². The summed E-state index contributed by atoms with van der Waals surface area (Å²) in [6, 6.07) is 3.96. The predicted octanol–water partition coefficient (Wildman–Crippen LogP) is 2.47. The van der Waals surface area contributed by atoms with E-state index >= 15 is 0 Å². The SMILES string of the molecule is NC(CCC1CC1)c1ccco1. The Morgan fingerprint density at radius 3 is 3.00 bits per heavy atom. The molecule has 1 atom stereocenters. The van der Waals surface area contributed by atoms with Gasteiger partial charge in [0, 0.05) is 0 Å². The van der Waals surface area contributed by atoms with Gasteiger partial charge in [0.25, 0.3) is 0 Å². The Bertz CT molecular complexity index is 226. The summed E-state index contributed by atoms with van der Waals surface area (Å²) in [5.74, 6) is 1.89. The van der Waals surface area contributed by atoms with Gasteiger partial charge in [0.15, 0.2) is 0 Å². The van der Waals surface area contributed by atoms with Crippen LogP contribution in [0.25, 0.3) is 0 Å². The van der Waals surface area contributed by atoms with Gasteiger partial charge in [-0.3, -0.25) is 0 Å². The van der Waals surface area contributed by atoms with Crippen LogP contribution in [0, 0.1) is 5.92 Å². The second-order valence-electron chi connectivity index (χ2n) is 3.64. The van der Waals surface area contributed by atoms with Gasteiger partial charge in [-0.25, -0.2) is 0 Å². The standard InChI is InChI=1S/C10H15NO/c11-9(6-5-8-3-4-8)10-2-1-7-12-10/h1-2,7-9H,3-6,11H2. The Morgan fingerprint density at radius 2 is 2.42 bits per heavy atom. The molecular formula is C10H15NO. The molecule has 0 saturated heterocycles. The Labute approximate surface area is 72.7 Å². The monoisotopic (exact) mass is 165 g/mol. The predicted molar refractivity (Wildman–Crippen MR) is 47.6 cm³/mol. The first-order chi connectivity index (χ1) is 5.86. The molecule has 2 N–H and O–H groups in total. The summed E-state index contributed by atoms with van der Waals surface area (Å²) in [5.41, 5.74) is 5.92. The second kappa shape index (κ2) is 3.31. The fourth-order valence-electron chi connectivity index (χ4n) is 1.47. The van der Waals surface area contributed by atoms with E-state index in [2.05, 4.69) is 0 Å². The molecule has 1 unspecified atom stereocenters. The molecule has 1 aromatic heterocycles. The van der Waals surface area contributed by atoms with Gasteiger partial charge in [0.05, 0.1) is 12.3 Å². The van der Waals surface area contributed by atoms with Crippen molar-refractivity contribution < 1.29 is 4.42 Å². The highest BCUT2D eigenvalue weighted by molar-refractivity contribution is 5.03. The molecule has 0 aliphatic heterocycles. The van der Waals surface area contributed by atoms with Crippen LogP contribution in [0.5, 0.6) is 0 Å². The number of nitrogens with two attached hydrogens (primary N) is 1. The van der Waals surface area contributed by atoms with E-state index < -0.39 is 0 Å². The second-order valence-corrected chi connectivity index (χ2v) is 3.64. The van der Waals surface area contributed by atoms with E-state index in [9.17, 15) is 0 Å². The average molecular weight is 165 g/mol. The molecule has 0 amide bonds. The lowest BCUT2D eigenvalue weighted by atomic mass is 10.1. The van der Waals surface area contributed by atoms with Crippen LogP contribution in [0.2, 0.25) is 0 Å². The van der Waals surface area contributed by atoms with E-state index in [4.69, 9.17) is 10.2 Å². The van der Waals surface area contributed by atoms with Crippen LogP contribution >= 0.6 is 0 Å². The van der Waals surface area contributed by atoms with Crippen molar-refractivity contribution >= 4 is 0 Å². The average Bonchev–Trinajstić information content (AvgIpc) is 2.74. The normalized spacial score (nSPS) is 19.4. The lowest BCUT2D eigenvalue weighted by Crippen LogP contribution is -2.09. The first-order valence-electron chi connectivity index (χ1n) is 4.65. The molecule has 0 spiro atoms. The minimum atomic E-state index is 0.112. The minimum Gasteiger partial charge on any atom is -0.468 e. The number of hydrogen-bond donors (Lipinski definition) is 1. The van der Waals surface area contributed by atoms with Crippen molar-refractivity contribution in [1.29, 1.82) is 0 Å². The van der Waals surface area contributed by atoms with Gasteiger partial charge in [-0.05, 0) is 30.9 Å². The smallest absolute Gasteiger partial charge is 0.120 e. The van der Waals surface area contributed by atoms with Gasteiger partial charge >= 0.3 is 0 Å². The van der Waals surface area contributed by atoms with Crippen molar-refractivity contribution in [2.75, 3.05) is 0 Å². The summed E-state index contributed by atoms with van der Waals surface area (Å²) in [4.78, 5) is 0. The van der Waals surface area contributed by atoms with Gasteiger partial charge < -0.3 is 10.2 Å². The summed E-state index contributed by atoms with van der Waals surface area (Å²) in [7, 11) is 0. The molecule has 1 aliphatic carbocycles. The van der Waals surface area contributed by atoms with Crippen LogP contribution in [0.4, 0.5) is 0 Å². The van der Waals surface area contributed by atoms with Crippen LogP contribution in [0.3, 0.4) is 0 Å². The maximum Gasteiger partial charge on any atom is 0.120 e. The first kappa shape index (κ1) is 7.87. The van der Waals surface area contributed by atoms with Gasteiger partial charge in [0.2, 0.25) is 0 Å². The molecule has 1 heterocycles. The molecule has 66 valence electrons. The van der Waals surface area contributed by atoms with Gasteiger partial charge in [-0.2, -0.15) is 0 Å². The summed E-state index contributed by atoms with van der Waals surface area (Å²) >= 11 is 0. The fourth-order valence-corrected chi connectivity index (χ4v) is 1.47. The summed E-state index contributed by atoms with van der Waals surface area (Å²) in [6.45, 7) is 0. The quantitative estimate of drug-likeness (QED) is 0.744. The molecular weight excluding hydrogens is 150 g/mol. The zero-order valence-electron chi connectivity index (χ0n) is 7.20. The third-order valence-corrected chi connectivity index (χ3v) is 2.49. The maximum absolute atomic E-state index is 5.92. The molecule has 2 nitrogen and oxygen atoms in total. The third-order valence-electron chi connectivity index (χ3n) is 2.49. The Balaban J connectivity index is 1.79. The van der Waals surface area contributed by atoms with Gasteiger partial charge in [-0.1, -0.05) is 12.8 Å². The Kier molecular flexibility index (Phi) is 2.17. The molecule has 1 aromatic rings. The van der Waals surface area contributed by atoms with E-state index in [0.29, 0.717) is 0 Å². The van der Waals surface area contributed by atoms with E-state index in [-0.39, 0.29) is 6.04 Å². The molecule has 12 heavy (non-hydrogen) atoms. The van der Waals surface area contributed by atoms with Crippen LogP contribution < -0.4 is 5.73 Å². The topological polar surface area (TPSA) is 39.2 Å². The number of rotatable bonds is 4. The van der Waals surface area contributed by atoms with E-state index in [1.54, 1.807) is 6.26 Å². The van der Waals surface area contributed by atoms with Crippen LogP contribution in [0.1, 0.15) is 37.5 Å². The number of furan rings is 1. The van der Waals surface area contributed by atoms with Crippen molar-refractivity contribution in [3.63, 3.8) is 0 Å². The highest BCUT2D eigenvalue weighted by Crippen LogP contribution is 2.35. The zero-order chi connectivity index (χ0) is 8.39. The Hall–Kier alpha value is -0.760. The lowest BCUT2D eigenvalue weighted by Gasteiger charge is -2.06. The van der Waals surface area contributed by atoms with Crippen molar-refractivity contribution in [3.8, 4) is 0 Å². The fraction of sp³-hybridized carbons (Fsp3) is 0.600. The highest BCUT2D eigenvalue weighted by atomic mass is 16.3. The van der Waals surface area contributed by atoms with Crippen molar-refractivity contribution in [3.05, 3.63) is 24.2 Å².